The van der Waals surface area contributed by atoms with Crippen LogP contribution < -0.4 is 9.47 Å². The van der Waals surface area contributed by atoms with Gasteiger partial charge in [-0.3, -0.25) is 0 Å². The summed E-state index contributed by atoms with van der Waals surface area (Å²) in [5, 5.41) is 2.86. The van der Waals surface area contributed by atoms with E-state index in [2.05, 4.69) is 0 Å². The summed E-state index contributed by atoms with van der Waals surface area (Å²) in [5.74, 6) is 0.884. The number of hydrogen-bond acceptors (Lipinski definition) is 3. The molecule has 0 spiro atoms. The molecule has 0 atom stereocenters. The summed E-state index contributed by atoms with van der Waals surface area (Å²) in [4.78, 5) is 0. The Balaban J connectivity index is 2.54. The molecule has 1 aliphatic heterocycles. The lowest BCUT2D eigenvalue weighted by Crippen LogP contribution is -1.93. The van der Waals surface area contributed by atoms with Crippen molar-refractivity contribution < 1.29 is 9.47 Å². The Kier molecular flexibility index (Phi) is 0.729. The van der Waals surface area contributed by atoms with E-state index in [4.69, 9.17) is 9.47 Å². The van der Waals surface area contributed by atoms with Crippen LogP contribution in [0.2, 0.25) is 0 Å². The predicted octanol–water partition coefficient (Wildman–Crippen LogP) is 1.48. The standard InChI is InChI=1S/C5H4O2S/c1-2-8-5-4(1)6-3-7-5/h1-2H,3H2. The highest BCUT2D eigenvalue weighted by molar-refractivity contribution is 7.12. The fraction of sp³-hybridized carbons (Fsp3) is 0.200. The van der Waals surface area contributed by atoms with Crippen molar-refractivity contribution in [2.24, 2.45) is 0 Å². The van der Waals surface area contributed by atoms with E-state index in [0.717, 1.165) is 10.8 Å². The highest BCUT2D eigenvalue weighted by Crippen LogP contribution is 2.36. The SMILES string of the molecule is c1cc2c(s1)OCO2. The van der Waals surface area contributed by atoms with Crippen LogP contribution in [0.25, 0.3) is 0 Å². The van der Waals surface area contributed by atoms with Crippen molar-refractivity contribution in [3.05, 3.63) is 11.4 Å². The van der Waals surface area contributed by atoms with E-state index in [0.29, 0.717) is 6.79 Å². The van der Waals surface area contributed by atoms with E-state index in [1.165, 1.54) is 0 Å². The molecule has 0 aromatic carbocycles. The van der Waals surface area contributed by atoms with Gasteiger partial charge in [0, 0.05) is 0 Å². The second kappa shape index (κ2) is 1.39. The first-order chi connectivity index (χ1) is 3.97. The third-order valence-corrected chi connectivity index (χ3v) is 1.81. The summed E-state index contributed by atoms with van der Waals surface area (Å²) in [6.07, 6.45) is 0. The summed E-state index contributed by atoms with van der Waals surface area (Å²) in [6.45, 7) is 0.391. The molecule has 1 aromatic rings. The van der Waals surface area contributed by atoms with Crippen LogP contribution in [0.15, 0.2) is 11.4 Å². The Labute approximate surface area is 50.7 Å². The van der Waals surface area contributed by atoms with Crippen LogP contribution in [0, 0.1) is 0 Å². The molecule has 8 heavy (non-hydrogen) atoms. The first kappa shape index (κ1) is 4.21. The zero-order chi connectivity index (χ0) is 5.40. The van der Waals surface area contributed by atoms with Gasteiger partial charge < -0.3 is 9.47 Å². The van der Waals surface area contributed by atoms with Crippen LogP contribution in [-0.4, -0.2) is 6.79 Å². The van der Waals surface area contributed by atoms with Crippen LogP contribution in [0.4, 0.5) is 0 Å². The first-order valence-electron chi connectivity index (χ1n) is 2.30. The highest BCUT2D eigenvalue weighted by Gasteiger charge is 2.12. The number of fused-ring (bicyclic) bond motifs is 1. The zero-order valence-electron chi connectivity index (χ0n) is 4.09. The van der Waals surface area contributed by atoms with Crippen molar-refractivity contribution in [1.82, 2.24) is 0 Å². The molecular formula is C5H4O2S. The lowest BCUT2D eigenvalue weighted by atomic mass is 10.6. The molecule has 2 heterocycles. The van der Waals surface area contributed by atoms with Gasteiger partial charge in [-0.1, -0.05) is 0 Å². The van der Waals surface area contributed by atoms with E-state index in [-0.39, 0.29) is 0 Å². The number of rotatable bonds is 0. The number of hydrogen-bond donors (Lipinski definition) is 0. The average Bonchev–Trinajstić information content (AvgIpc) is 2.15. The lowest BCUT2D eigenvalue weighted by molar-refractivity contribution is 0.175. The minimum Gasteiger partial charge on any atom is -0.453 e. The Morgan fingerprint density at radius 2 is 2.50 bits per heavy atom. The molecule has 0 N–H and O–H groups in total. The van der Waals surface area contributed by atoms with Gasteiger partial charge in [-0.25, -0.2) is 0 Å². The Morgan fingerprint density at radius 1 is 1.50 bits per heavy atom. The smallest absolute Gasteiger partial charge is 0.232 e. The second-order valence-corrected chi connectivity index (χ2v) is 2.36. The van der Waals surface area contributed by atoms with E-state index >= 15 is 0 Å². The van der Waals surface area contributed by atoms with Crippen molar-refractivity contribution >= 4 is 11.3 Å². The van der Waals surface area contributed by atoms with Gasteiger partial charge in [0.25, 0.3) is 0 Å². The van der Waals surface area contributed by atoms with E-state index in [9.17, 15) is 0 Å². The Morgan fingerprint density at radius 3 is 3.38 bits per heavy atom. The summed E-state index contributed by atoms with van der Waals surface area (Å²) >= 11 is 1.56. The second-order valence-electron chi connectivity index (χ2n) is 1.48. The first-order valence-corrected chi connectivity index (χ1v) is 3.18. The molecule has 1 aliphatic rings. The minimum absolute atomic E-state index is 0.391. The van der Waals surface area contributed by atoms with E-state index < -0.39 is 0 Å². The molecule has 1 aromatic heterocycles. The van der Waals surface area contributed by atoms with Gasteiger partial charge >= 0.3 is 0 Å². The van der Waals surface area contributed by atoms with Gasteiger partial charge in [-0.15, -0.1) is 11.3 Å². The molecule has 0 radical (unpaired) electrons. The van der Waals surface area contributed by atoms with Crippen LogP contribution in [-0.2, 0) is 0 Å². The van der Waals surface area contributed by atoms with Crippen molar-refractivity contribution in [2.75, 3.05) is 6.79 Å². The largest absolute Gasteiger partial charge is 0.453 e. The maximum absolute atomic E-state index is 5.03. The Hall–Kier alpha value is -0.700. The minimum atomic E-state index is 0.391. The fourth-order valence-corrected chi connectivity index (χ4v) is 1.32. The van der Waals surface area contributed by atoms with Gasteiger partial charge in [-0.05, 0) is 11.4 Å². The quantitative estimate of drug-likeness (QED) is 0.526. The highest BCUT2D eigenvalue weighted by atomic mass is 32.1. The lowest BCUT2D eigenvalue weighted by Gasteiger charge is -1.85. The monoisotopic (exact) mass is 128 g/mol. The van der Waals surface area contributed by atoms with Crippen LogP contribution >= 0.6 is 11.3 Å². The van der Waals surface area contributed by atoms with E-state index in [1.54, 1.807) is 11.3 Å². The molecule has 2 nitrogen and oxygen atoms in total. The van der Waals surface area contributed by atoms with Gasteiger partial charge in [0.1, 0.15) is 0 Å². The van der Waals surface area contributed by atoms with Gasteiger partial charge in [0.15, 0.2) is 5.75 Å². The summed E-state index contributed by atoms with van der Waals surface area (Å²) in [6, 6.07) is 1.91. The molecule has 0 fully saturated rings. The van der Waals surface area contributed by atoms with Crippen molar-refractivity contribution in [3.8, 4) is 10.8 Å². The number of ether oxygens (including phenoxy) is 2. The molecule has 0 amide bonds. The Bertz CT molecular complexity index is 176. The maximum Gasteiger partial charge on any atom is 0.232 e. The van der Waals surface area contributed by atoms with Crippen molar-refractivity contribution in [2.45, 2.75) is 0 Å². The molecular weight excluding hydrogens is 124 g/mol. The molecule has 0 bridgehead atoms. The molecule has 2 rings (SSSR count). The van der Waals surface area contributed by atoms with Crippen molar-refractivity contribution in [1.29, 1.82) is 0 Å². The molecule has 3 heteroatoms. The molecule has 0 unspecified atom stereocenters. The van der Waals surface area contributed by atoms with Gasteiger partial charge in [-0.2, -0.15) is 0 Å². The third kappa shape index (κ3) is 0.419. The predicted molar refractivity (Wildman–Crippen MR) is 30.4 cm³/mol. The average molecular weight is 128 g/mol. The van der Waals surface area contributed by atoms with E-state index in [1.807, 2.05) is 11.4 Å². The molecule has 0 aliphatic carbocycles. The van der Waals surface area contributed by atoms with Crippen LogP contribution in [0.3, 0.4) is 0 Å². The van der Waals surface area contributed by atoms with Crippen molar-refractivity contribution in [3.63, 3.8) is 0 Å². The molecule has 42 valence electrons. The number of thiophene rings is 1. The van der Waals surface area contributed by atoms with Crippen LogP contribution in [0.1, 0.15) is 0 Å². The molecule has 0 saturated heterocycles. The normalized spacial score (nSPS) is 14.5. The van der Waals surface area contributed by atoms with Gasteiger partial charge in [0.2, 0.25) is 11.9 Å². The summed E-state index contributed by atoms with van der Waals surface area (Å²) in [5.41, 5.74) is 0. The zero-order valence-corrected chi connectivity index (χ0v) is 4.90. The maximum atomic E-state index is 5.03. The fourth-order valence-electron chi connectivity index (χ4n) is 0.642. The van der Waals surface area contributed by atoms with Crippen LogP contribution in [0.5, 0.6) is 10.8 Å². The molecule has 0 saturated carbocycles. The van der Waals surface area contributed by atoms with Gasteiger partial charge in [0.05, 0.1) is 0 Å². The third-order valence-electron chi connectivity index (χ3n) is 1.00. The summed E-state index contributed by atoms with van der Waals surface area (Å²) < 4.78 is 10.1. The topological polar surface area (TPSA) is 18.5 Å². The summed E-state index contributed by atoms with van der Waals surface area (Å²) in [7, 11) is 0.